The van der Waals surface area contributed by atoms with Crippen LogP contribution in [-0.4, -0.2) is 63.7 Å². The Morgan fingerprint density at radius 3 is 2.53 bits per heavy atom. The first-order valence-corrected chi connectivity index (χ1v) is 11.4. The molecule has 1 unspecified atom stereocenters. The molecule has 7 nitrogen and oxygen atoms in total. The van der Waals surface area contributed by atoms with Crippen LogP contribution in [0.2, 0.25) is 0 Å². The number of aromatic nitrogens is 1. The molecule has 1 saturated heterocycles. The molecule has 2 aromatic rings. The molecular weight excluding hydrogens is 396 g/mol. The molecule has 1 aliphatic heterocycles. The molecule has 8 heteroatoms. The summed E-state index contributed by atoms with van der Waals surface area (Å²) in [5, 5.41) is 10.0. The first-order valence-electron chi connectivity index (χ1n) is 10.5. The van der Waals surface area contributed by atoms with Crippen molar-refractivity contribution in [1.29, 1.82) is 0 Å². The minimum absolute atomic E-state index is 0.300. The molecule has 1 fully saturated rings. The smallest absolute Gasteiger partial charge is 0.191 e. The molecule has 1 aromatic heterocycles. The summed E-state index contributed by atoms with van der Waals surface area (Å²) >= 11 is 1.65. The van der Waals surface area contributed by atoms with Crippen LogP contribution in [0.4, 0.5) is 5.13 Å². The molecule has 1 aliphatic rings. The average Bonchev–Trinajstić information content (AvgIpc) is 3.26. The van der Waals surface area contributed by atoms with Gasteiger partial charge >= 0.3 is 0 Å². The van der Waals surface area contributed by atoms with Crippen LogP contribution in [0.5, 0.6) is 5.75 Å². The summed E-state index contributed by atoms with van der Waals surface area (Å²) in [6, 6.07) is 8.74. The standard InChI is InChI=1S/C22H34N6OS/c1-23-21(24-14-18-16-30-22(26-18)27(2)3)25-15-20(28-12-6-5-7-13-28)17-8-10-19(29-4)11-9-17/h8-11,16,20H,5-7,12-15H2,1-4H3,(H2,23,24,25). The van der Waals surface area contributed by atoms with Gasteiger partial charge in [0.1, 0.15) is 5.75 Å². The fraction of sp³-hybridized carbons (Fsp3) is 0.545. The third kappa shape index (κ3) is 6.09. The molecule has 0 amide bonds. The van der Waals surface area contributed by atoms with Gasteiger partial charge in [0.25, 0.3) is 0 Å². The van der Waals surface area contributed by atoms with Crippen LogP contribution in [0.25, 0.3) is 0 Å². The summed E-state index contributed by atoms with van der Waals surface area (Å²) in [7, 11) is 7.54. The van der Waals surface area contributed by atoms with Crippen LogP contribution in [0.3, 0.4) is 0 Å². The van der Waals surface area contributed by atoms with Crippen molar-refractivity contribution < 1.29 is 4.74 Å². The van der Waals surface area contributed by atoms with Crippen molar-refractivity contribution in [2.24, 2.45) is 4.99 Å². The lowest BCUT2D eigenvalue weighted by Gasteiger charge is -2.35. The lowest BCUT2D eigenvalue weighted by Crippen LogP contribution is -2.44. The topological polar surface area (TPSA) is 65.0 Å². The summed E-state index contributed by atoms with van der Waals surface area (Å²) in [6.45, 7) is 3.72. The van der Waals surface area contributed by atoms with Crippen molar-refractivity contribution in [3.8, 4) is 5.75 Å². The van der Waals surface area contributed by atoms with Crippen LogP contribution >= 0.6 is 11.3 Å². The Bertz CT molecular complexity index is 798. The van der Waals surface area contributed by atoms with Gasteiger partial charge < -0.3 is 20.3 Å². The Labute approximate surface area is 184 Å². The van der Waals surface area contributed by atoms with E-state index in [9.17, 15) is 0 Å². The predicted molar refractivity (Wildman–Crippen MR) is 126 cm³/mol. The number of anilines is 1. The maximum absolute atomic E-state index is 5.33. The maximum atomic E-state index is 5.33. The molecule has 30 heavy (non-hydrogen) atoms. The number of benzene rings is 1. The second kappa shape index (κ2) is 11.2. The number of methoxy groups -OCH3 is 1. The number of hydrogen-bond donors (Lipinski definition) is 2. The molecular formula is C22H34N6OS. The summed E-state index contributed by atoms with van der Waals surface area (Å²) in [6.07, 6.45) is 3.85. The van der Waals surface area contributed by atoms with Gasteiger partial charge in [-0.05, 0) is 43.6 Å². The van der Waals surface area contributed by atoms with E-state index in [-0.39, 0.29) is 0 Å². The third-order valence-corrected chi connectivity index (χ3v) is 6.43. The first kappa shape index (κ1) is 22.4. The Balaban J connectivity index is 1.62. The molecule has 0 radical (unpaired) electrons. The lowest BCUT2D eigenvalue weighted by atomic mass is 10.0. The minimum atomic E-state index is 0.300. The van der Waals surface area contributed by atoms with Crippen molar-refractivity contribution in [1.82, 2.24) is 20.5 Å². The van der Waals surface area contributed by atoms with Crippen molar-refractivity contribution >= 4 is 22.4 Å². The highest BCUT2D eigenvalue weighted by molar-refractivity contribution is 7.13. The van der Waals surface area contributed by atoms with Gasteiger partial charge in [-0.1, -0.05) is 18.6 Å². The number of aliphatic imine (C=N–C) groups is 1. The highest BCUT2D eigenvalue weighted by atomic mass is 32.1. The van der Waals surface area contributed by atoms with E-state index in [0.29, 0.717) is 12.6 Å². The van der Waals surface area contributed by atoms with E-state index in [2.05, 4.69) is 43.0 Å². The highest BCUT2D eigenvalue weighted by Crippen LogP contribution is 2.26. The van der Waals surface area contributed by atoms with Crippen LogP contribution in [0, 0.1) is 0 Å². The van der Waals surface area contributed by atoms with Gasteiger partial charge in [0, 0.05) is 33.1 Å². The van der Waals surface area contributed by atoms with E-state index in [0.717, 1.165) is 42.2 Å². The molecule has 3 rings (SSSR count). The van der Waals surface area contributed by atoms with Crippen molar-refractivity contribution in [3.63, 3.8) is 0 Å². The van der Waals surface area contributed by atoms with E-state index in [1.807, 2.05) is 38.2 Å². The third-order valence-electron chi connectivity index (χ3n) is 5.38. The summed E-state index contributed by atoms with van der Waals surface area (Å²) in [5.41, 5.74) is 2.32. The number of piperidine rings is 1. The van der Waals surface area contributed by atoms with Gasteiger partial charge in [0.05, 0.1) is 25.4 Å². The molecule has 0 aliphatic carbocycles. The minimum Gasteiger partial charge on any atom is -0.497 e. The number of guanidine groups is 1. The second-order valence-corrected chi connectivity index (χ2v) is 8.54. The number of thiazole rings is 1. The zero-order chi connectivity index (χ0) is 21.3. The molecule has 2 heterocycles. The summed E-state index contributed by atoms with van der Waals surface area (Å²) < 4.78 is 5.33. The molecule has 164 valence electrons. The number of ether oxygens (including phenoxy) is 1. The first-order chi connectivity index (χ1) is 14.6. The Kier molecular flexibility index (Phi) is 8.33. The quantitative estimate of drug-likeness (QED) is 0.496. The normalized spacial score (nSPS) is 16.2. The SMILES string of the molecule is CN=C(NCc1csc(N(C)C)n1)NCC(c1ccc(OC)cc1)N1CCCCC1. The van der Waals surface area contributed by atoms with Gasteiger partial charge in [0.2, 0.25) is 0 Å². The number of likely N-dealkylation sites (tertiary alicyclic amines) is 1. The van der Waals surface area contributed by atoms with Gasteiger partial charge in [-0.2, -0.15) is 0 Å². The van der Waals surface area contributed by atoms with Crippen LogP contribution < -0.4 is 20.3 Å². The monoisotopic (exact) mass is 430 g/mol. The van der Waals surface area contributed by atoms with Crippen molar-refractivity contribution in [3.05, 3.63) is 40.9 Å². The van der Waals surface area contributed by atoms with Crippen LogP contribution in [0.1, 0.15) is 36.6 Å². The van der Waals surface area contributed by atoms with E-state index in [4.69, 9.17) is 4.74 Å². The Morgan fingerprint density at radius 1 is 1.20 bits per heavy atom. The number of nitrogens with one attached hydrogen (secondary N) is 2. The Morgan fingerprint density at radius 2 is 1.93 bits per heavy atom. The highest BCUT2D eigenvalue weighted by Gasteiger charge is 2.22. The Hall–Kier alpha value is -2.32. The predicted octanol–water partition coefficient (Wildman–Crippen LogP) is 3.11. The van der Waals surface area contributed by atoms with E-state index in [1.54, 1.807) is 18.4 Å². The lowest BCUT2D eigenvalue weighted by molar-refractivity contribution is 0.164. The fourth-order valence-electron chi connectivity index (χ4n) is 3.68. The van der Waals surface area contributed by atoms with Crippen molar-refractivity contribution in [2.45, 2.75) is 31.8 Å². The van der Waals surface area contributed by atoms with Gasteiger partial charge in [-0.3, -0.25) is 9.89 Å². The molecule has 0 saturated carbocycles. The van der Waals surface area contributed by atoms with E-state index >= 15 is 0 Å². The molecule has 1 aromatic carbocycles. The molecule has 0 spiro atoms. The second-order valence-electron chi connectivity index (χ2n) is 7.71. The van der Waals surface area contributed by atoms with Gasteiger partial charge in [-0.25, -0.2) is 4.98 Å². The van der Waals surface area contributed by atoms with Crippen molar-refractivity contribution in [2.75, 3.05) is 52.8 Å². The molecule has 0 bridgehead atoms. The number of hydrogen-bond acceptors (Lipinski definition) is 6. The van der Waals surface area contributed by atoms with Crippen LogP contribution in [0.15, 0.2) is 34.6 Å². The largest absolute Gasteiger partial charge is 0.497 e. The van der Waals surface area contributed by atoms with E-state index in [1.165, 1.54) is 24.8 Å². The molecule has 2 N–H and O–H groups in total. The maximum Gasteiger partial charge on any atom is 0.191 e. The summed E-state index contributed by atoms with van der Waals surface area (Å²) in [5.74, 6) is 1.69. The number of rotatable bonds is 8. The van der Waals surface area contributed by atoms with Crippen LogP contribution in [-0.2, 0) is 6.54 Å². The number of nitrogens with zero attached hydrogens (tertiary/aromatic N) is 4. The van der Waals surface area contributed by atoms with E-state index < -0.39 is 0 Å². The zero-order valence-corrected chi connectivity index (χ0v) is 19.3. The summed E-state index contributed by atoms with van der Waals surface area (Å²) in [4.78, 5) is 13.6. The van der Waals surface area contributed by atoms with Gasteiger partial charge in [0.15, 0.2) is 11.1 Å². The fourth-order valence-corrected chi connectivity index (χ4v) is 4.44. The van der Waals surface area contributed by atoms with Gasteiger partial charge in [-0.15, -0.1) is 11.3 Å². The zero-order valence-electron chi connectivity index (χ0n) is 18.5. The molecule has 1 atom stereocenters. The average molecular weight is 431 g/mol.